The number of aromatic nitrogens is 2. The van der Waals surface area contributed by atoms with Crippen molar-refractivity contribution in [3.8, 4) is 5.69 Å². The summed E-state index contributed by atoms with van der Waals surface area (Å²) < 4.78 is 20.5. The highest BCUT2D eigenvalue weighted by molar-refractivity contribution is 5.92. The molecule has 1 aliphatic rings. The summed E-state index contributed by atoms with van der Waals surface area (Å²) in [6.45, 7) is 2.73. The van der Waals surface area contributed by atoms with Gasteiger partial charge in [-0.25, -0.2) is 9.07 Å². The van der Waals surface area contributed by atoms with Gasteiger partial charge in [0, 0.05) is 18.3 Å². The Morgan fingerprint density at radius 1 is 1.14 bits per heavy atom. The molecule has 1 aliphatic heterocycles. The van der Waals surface area contributed by atoms with E-state index in [1.165, 1.54) is 18.2 Å². The van der Waals surface area contributed by atoms with Crippen molar-refractivity contribution in [3.05, 3.63) is 93.7 Å². The van der Waals surface area contributed by atoms with Crippen molar-refractivity contribution in [1.82, 2.24) is 14.7 Å². The lowest BCUT2D eigenvalue weighted by Gasteiger charge is -2.33. The van der Waals surface area contributed by atoms with E-state index < -0.39 is 11.3 Å². The van der Waals surface area contributed by atoms with Crippen LogP contribution in [0.25, 0.3) is 5.69 Å². The van der Waals surface area contributed by atoms with Crippen molar-refractivity contribution < 1.29 is 13.9 Å². The molecule has 0 N–H and O–H groups in total. The molecule has 6 nitrogen and oxygen atoms in total. The molecule has 29 heavy (non-hydrogen) atoms. The van der Waals surface area contributed by atoms with Gasteiger partial charge in [0.15, 0.2) is 5.69 Å². The number of carbonyl (C=O) groups is 1. The predicted molar refractivity (Wildman–Crippen MR) is 106 cm³/mol. The van der Waals surface area contributed by atoms with Crippen molar-refractivity contribution >= 4 is 5.91 Å². The van der Waals surface area contributed by atoms with Gasteiger partial charge < -0.3 is 9.64 Å². The lowest BCUT2D eigenvalue weighted by Crippen LogP contribution is -2.44. The van der Waals surface area contributed by atoms with Crippen LogP contribution in [0.2, 0.25) is 0 Å². The molecule has 1 saturated heterocycles. The second-order valence-electron chi connectivity index (χ2n) is 6.91. The topological polar surface area (TPSA) is 64.4 Å². The van der Waals surface area contributed by atoms with E-state index in [9.17, 15) is 14.0 Å². The normalized spacial score (nSPS) is 16.6. The molecular weight excluding hydrogens is 373 g/mol. The Morgan fingerprint density at radius 2 is 1.86 bits per heavy atom. The minimum atomic E-state index is -0.435. The minimum Gasteiger partial charge on any atom is -0.370 e. The van der Waals surface area contributed by atoms with Gasteiger partial charge in [-0.1, -0.05) is 30.3 Å². The van der Waals surface area contributed by atoms with Gasteiger partial charge in [-0.2, -0.15) is 5.10 Å². The number of para-hydroxylation sites is 1. The van der Waals surface area contributed by atoms with Gasteiger partial charge in [0.1, 0.15) is 11.9 Å². The molecule has 7 heteroatoms. The SMILES string of the molecule is Cc1cc(=O)c(C(=O)N2CCOC(c3ccc(F)cc3)C2)nn1-c1ccccc1. The van der Waals surface area contributed by atoms with Crippen molar-refractivity contribution in [2.75, 3.05) is 19.7 Å². The van der Waals surface area contributed by atoms with Crippen LogP contribution in [0.4, 0.5) is 4.39 Å². The molecule has 4 rings (SSSR count). The van der Waals surface area contributed by atoms with Crippen LogP contribution in [-0.4, -0.2) is 40.3 Å². The van der Waals surface area contributed by atoms with Crippen LogP contribution in [0.15, 0.2) is 65.5 Å². The average molecular weight is 393 g/mol. The molecule has 1 unspecified atom stereocenters. The van der Waals surface area contributed by atoms with Gasteiger partial charge in [0.05, 0.1) is 18.8 Å². The van der Waals surface area contributed by atoms with E-state index in [-0.39, 0.29) is 24.2 Å². The number of benzene rings is 2. The van der Waals surface area contributed by atoms with E-state index in [1.807, 2.05) is 30.3 Å². The van der Waals surface area contributed by atoms with Crippen molar-refractivity contribution in [3.63, 3.8) is 0 Å². The first-order valence-corrected chi connectivity index (χ1v) is 9.35. The number of hydrogen-bond acceptors (Lipinski definition) is 4. The minimum absolute atomic E-state index is 0.126. The summed E-state index contributed by atoms with van der Waals surface area (Å²) in [5.74, 6) is -0.766. The largest absolute Gasteiger partial charge is 0.370 e. The molecule has 1 aromatic heterocycles. The standard InChI is InChI=1S/C22H20FN3O3/c1-15-13-19(27)21(24-26(15)18-5-3-2-4-6-18)22(28)25-11-12-29-20(14-25)16-7-9-17(23)10-8-16/h2-10,13,20H,11-12,14H2,1H3. The third-order valence-corrected chi connectivity index (χ3v) is 4.91. The fourth-order valence-electron chi connectivity index (χ4n) is 3.39. The van der Waals surface area contributed by atoms with Crippen molar-refractivity contribution in [2.24, 2.45) is 0 Å². The molecule has 0 aliphatic carbocycles. The monoisotopic (exact) mass is 393 g/mol. The maximum Gasteiger partial charge on any atom is 0.278 e. The highest BCUT2D eigenvalue weighted by Gasteiger charge is 2.28. The fourth-order valence-corrected chi connectivity index (χ4v) is 3.39. The average Bonchev–Trinajstić information content (AvgIpc) is 2.75. The Bertz CT molecular complexity index is 1080. The molecule has 148 valence electrons. The van der Waals surface area contributed by atoms with E-state index in [4.69, 9.17) is 4.74 Å². The predicted octanol–water partition coefficient (Wildman–Crippen LogP) is 2.89. The molecule has 3 aromatic rings. The summed E-state index contributed by atoms with van der Waals surface area (Å²) >= 11 is 0. The van der Waals surface area contributed by atoms with Crippen LogP contribution in [0.1, 0.15) is 27.8 Å². The molecule has 2 heterocycles. The number of halogens is 1. The first kappa shape index (κ1) is 19.0. The Labute approximate surface area is 167 Å². The van der Waals surface area contributed by atoms with Crippen LogP contribution in [0, 0.1) is 12.7 Å². The zero-order valence-electron chi connectivity index (χ0n) is 15.9. The van der Waals surface area contributed by atoms with Crippen LogP contribution < -0.4 is 5.43 Å². The van der Waals surface area contributed by atoms with Crippen LogP contribution >= 0.6 is 0 Å². The van der Waals surface area contributed by atoms with Gasteiger partial charge in [-0.05, 0) is 36.8 Å². The van der Waals surface area contributed by atoms with Crippen molar-refractivity contribution in [2.45, 2.75) is 13.0 Å². The number of ether oxygens (including phenoxy) is 1. The number of rotatable bonds is 3. The Morgan fingerprint density at radius 3 is 2.59 bits per heavy atom. The fraction of sp³-hybridized carbons (Fsp3) is 0.227. The van der Waals surface area contributed by atoms with Gasteiger partial charge in [0.2, 0.25) is 5.43 Å². The molecule has 0 radical (unpaired) electrons. The summed E-state index contributed by atoms with van der Waals surface area (Å²) in [6, 6.07) is 16.8. The first-order chi connectivity index (χ1) is 14.0. The zero-order chi connectivity index (χ0) is 20.4. The Balaban J connectivity index is 1.62. The molecule has 1 amide bonds. The zero-order valence-corrected chi connectivity index (χ0v) is 15.9. The van der Waals surface area contributed by atoms with Crippen LogP contribution in [-0.2, 0) is 4.74 Å². The van der Waals surface area contributed by atoms with Gasteiger partial charge in [0.25, 0.3) is 5.91 Å². The molecule has 1 fully saturated rings. The Kier molecular flexibility index (Phi) is 5.22. The molecule has 1 atom stereocenters. The number of aryl methyl sites for hydroxylation is 1. The molecule has 0 saturated carbocycles. The third kappa shape index (κ3) is 3.95. The highest BCUT2D eigenvalue weighted by atomic mass is 19.1. The smallest absolute Gasteiger partial charge is 0.278 e. The van der Waals surface area contributed by atoms with E-state index in [1.54, 1.807) is 28.6 Å². The number of amides is 1. The summed E-state index contributed by atoms with van der Waals surface area (Å²) in [4.78, 5) is 27.1. The van der Waals surface area contributed by atoms with E-state index in [2.05, 4.69) is 5.10 Å². The summed E-state index contributed by atoms with van der Waals surface area (Å²) in [7, 11) is 0. The Hall–Kier alpha value is -3.32. The highest BCUT2D eigenvalue weighted by Crippen LogP contribution is 2.23. The lowest BCUT2D eigenvalue weighted by atomic mass is 10.1. The van der Waals surface area contributed by atoms with Gasteiger partial charge in [-0.15, -0.1) is 0 Å². The second kappa shape index (κ2) is 7.97. The quantitative estimate of drug-likeness (QED) is 0.686. The summed E-state index contributed by atoms with van der Waals surface area (Å²) in [5.41, 5.74) is 1.65. The maximum atomic E-state index is 13.2. The van der Waals surface area contributed by atoms with Crippen molar-refractivity contribution in [1.29, 1.82) is 0 Å². The number of nitrogens with zero attached hydrogens (tertiary/aromatic N) is 3. The number of hydrogen-bond donors (Lipinski definition) is 0. The number of carbonyl (C=O) groups excluding carboxylic acids is 1. The third-order valence-electron chi connectivity index (χ3n) is 4.91. The second-order valence-corrected chi connectivity index (χ2v) is 6.91. The lowest BCUT2D eigenvalue weighted by molar-refractivity contribution is -0.0231. The van der Waals surface area contributed by atoms with Gasteiger partial charge >= 0.3 is 0 Å². The maximum absolute atomic E-state index is 13.2. The molecule has 0 spiro atoms. The molecule has 2 aromatic carbocycles. The van der Waals surface area contributed by atoms with Gasteiger partial charge in [-0.3, -0.25) is 9.59 Å². The van der Waals surface area contributed by atoms with Crippen LogP contribution in [0.5, 0.6) is 0 Å². The van der Waals surface area contributed by atoms with E-state index in [0.717, 1.165) is 11.3 Å². The number of morpholine rings is 1. The van der Waals surface area contributed by atoms with E-state index >= 15 is 0 Å². The first-order valence-electron chi connectivity index (χ1n) is 9.35. The molecule has 0 bridgehead atoms. The molecular formula is C22H20FN3O3. The summed E-state index contributed by atoms with van der Waals surface area (Å²) in [5, 5.41) is 4.35. The van der Waals surface area contributed by atoms with Crippen LogP contribution in [0.3, 0.4) is 0 Å². The summed E-state index contributed by atoms with van der Waals surface area (Å²) in [6.07, 6.45) is -0.380. The van der Waals surface area contributed by atoms with E-state index in [0.29, 0.717) is 18.8 Å².